The van der Waals surface area contributed by atoms with Gasteiger partial charge in [0.05, 0.1) is 0 Å². The van der Waals surface area contributed by atoms with Crippen molar-refractivity contribution in [2.24, 2.45) is 0 Å². The largest absolute Gasteiger partial charge is 0.462 e. The van der Waals surface area contributed by atoms with Crippen molar-refractivity contribution in [3.05, 3.63) is 48.6 Å². The topological polar surface area (TPSA) is 78.9 Å². The average molecular weight is 841 g/mol. The van der Waals surface area contributed by atoms with Gasteiger partial charge in [0.2, 0.25) is 0 Å². The molecule has 0 saturated carbocycles. The van der Waals surface area contributed by atoms with E-state index in [1.807, 2.05) is 0 Å². The highest BCUT2D eigenvalue weighted by Gasteiger charge is 2.19. The average Bonchev–Trinajstić information content (AvgIpc) is 3.24. The van der Waals surface area contributed by atoms with Crippen molar-refractivity contribution in [2.45, 2.75) is 264 Å². The fourth-order valence-corrected chi connectivity index (χ4v) is 7.26. The Morgan fingerprint density at radius 3 is 1.02 bits per heavy atom. The van der Waals surface area contributed by atoms with E-state index in [0.29, 0.717) is 19.3 Å². The standard InChI is InChI=1S/C54H96O6/c1-4-7-10-13-16-19-21-23-25-26-27-28-30-31-33-35-38-41-44-47-53(56)59-50-51(49-58-52(55)46-43-40-37-18-15-12-9-6-3)60-54(57)48-45-42-39-36-34-32-29-24-22-20-17-14-11-8-5-2/h7,10,16,19,23,25,27-28,51H,4-6,8-9,11-15,17-18,20-22,24,26,29-50H2,1-3H3/b10-7-,19-16-,25-23-,28-27-. The number of esters is 3. The Kier molecular flexibility index (Phi) is 46.9. The van der Waals surface area contributed by atoms with Crippen molar-refractivity contribution in [1.29, 1.82) is 0 Å². The Hall–Kier alpha value is -2.63. The van der Waals surface area contributed by atoms with E-state index < -0.39 is 6.10 Å². The summed E-state index contributed by atoms with van der Waals surface area (Å²) in [4.78, 5) is 37.8. The van der Waals surface area contributed by atoms with E-state index in [2.05, 4.69) is 69.4 Å². The first-order chi connectivity index (χ1) is 29.5. The highest BCUT2D eigenvalue weighted by atomic mass is 16.6. The number of ether oxygens (including phenoxy) is 3. The molecular weight excluding hydrogens is 745 g/mol. The molecule has 0 heterocycles. The molecule has 0 aromatic rings. The van der Waals surface area contributed by atoms with E-state index in [9.17, 15) is 14.4 Å². The van der Waals surface area contributed by atoms with Crippen LogP contribution in [0, 0.1) is 0 Å². The minimum atomic E-state index is -0.773. The van der Waals surface area contributed by atoms with Crippen LogP contribution in [0.2, 0.25) is 0 Å². The summed E-state index contributed by atoms with van der Waals surface area (Å²) in [5.74, 6) is -0.885. The lowest BCUT2D eigenvalue weighted by Crippen LogP contribution is -2.30. The lowest BCUT2D eigenvalue weighted by molar-refractivity contribution is -0.167. The van der Waals surface area contributed by atoms with Crippen molar-refractivity contribution in [1.82, 2.24) is 0 Å². The van der Waals surface area contributed by atoms with Gasteiger partial charge in [-0.1, -0.05) is 230 Å². The molecular formula is C54H96O6. The zero-order chi connectivity index (χ0) is 43.7. The van der Waals surface area contributed by atoms with Crippen LogP contribution in [-0.2, 0) is 28.6 Å². The number of carbonyl (C=O) groups excluding carboxylic acids is 3. The van der Waals surface area contributed by atoms with E-state index in [0.717, 1.165) is 89.9 Å². The van der Waals surface area contributed by atoms with Gasteiger partial charge in [0, 0.05) is 19.3 Å². The lowest BCUT2D eigenvalue weighted by atomic mass is 10.0. The van der Waals surface area contributed by atoms with Crippen molar-refractivity contribution in [3.8, 4) is 0 Å². The van der Waals surface area contributed by atoms with Crippen LogP contribution < -0.4 is 0 Å². The second kappa shape index (κ2) is 49.0. The highest BCUT2D eigenvalue weighted by Crippen LogP contribution is 2.15. The Morgan fingerprint density at radius 2 is 0.650 bits per heavy atom. The summed E-state index contributed by atoms with van der Waals surface area (Å²) in [5, 5.41) is 0. The lowest BCUT2D eigenvalue weighted by Gasteiger charge is -2.18. The zero-order valence-corrected chi connectivity index (χ0v) is 39.7. The first-order valence-corrected chi connectivity index (χ1v) is 25.6. The maximum absolute atomic E-state index is 12.8. The van der Waals surface area contributed by atoms with Gasteiger partial charge in [-0.15, -0.1) is 0 Å². The van der Waals surface area contributed by atoms with Crippen LogP contribution >= 0.6 is 0 Å². The van der Waals surface area contributed by atoms with Crippen molar-refractivity contribution < 1.29 is 28.6 Å². The molecule has 0 fully saturated rings. The second-order valence-corrected chi connectivity index (χ2v) is 17.1. The Bertz CT molecular complexity index is 1060. The third-order valence-electron chi connectivity index (χ3n) is 11.1. The maximum Gasteiger partial charge on any atom is 0.306 e. The maximum atomic E-state index is 12.8. The summed E-state index contributed by atoms with van der Waals surface area (Å²) < 4.78 is 16.7. The fourth-order valence-electron chi connectivity index (χ4n) is 7.26. The summed E-state index contributed by atoms with van der Waals surface area (Å²) in [6, 6.07) is 0. The Labute approximate surface area is 371 Å². The number of hydrogen-bond acceptors (Lipinski definition) is 6. The quantitative estimate of drug-likeness (QED) is 0.0263. The van der Waals surface area contributed by atoms with Crippen LogP contribution in [0.5, 0.6) is 0 Å². The Balaban J connectivity index is 4.29. The second-order valence-electron chi connectivity index (χ2n) is 17.1. The number of unbranched alkanes of at least 4 members (excludes halogenated alkanes) is 27. The predicted molar refractivity (Wildman–Crippen MR) is 256 cm³/mol. The summed E-state index contributed by atoms with van der Waals surface area (Å²) in [6.07, 6.45) is 58.1. The van der Waals surface area contributed by atoms with Crippen LogP contribution in [0.1, 0.15) is 258 Å². The van der Waals surface area contributed by atoms with Gasteiger partial charge in [0.15, 0.2) is 6.10 Å². The monoisotopic (exact) mass is 841 g/mol. The van der Waals surface area contributed by atoms with Crippen molar-refractivity contribution in [3.63, 3.8) is 0 Å². The molecule has 0 aliphatic rings. The molecule has 1 atom stereocenters. The first-order valence-electron chi connectivity index (χ1n) is 25.6. The molecule has 0 radical (unpaired) electrons. The van der Waals surface area contributed by atoms with Gasteiger partial charge in [-0.25, -0.2) is 0 Å². The summed E-state index contributed by atoms with van der Waals surface area (Å²) in [5.41, 5.74) is 0. The molecule has 1 unspecified atom stereocenters. The molecule has 0 spiro atoms. The highest BCUT2D eigenvalue weighted by molar-refractivity contribution is 5.71. The van der Waals surface area contributed by atoms with E-state index in [4.69, 9.17) is 14.2 Å². The number of rotatable bonds is 46. The summed E-state index contributed by atoms with van der Waals surface area (Å²) in [6.45, 7) is 6.50. The van der Waals surface area contributed by atoms with E-state index in [1.165, 1.54) is 128 Å². The Morgan fingerprint density at radius 1 is 0.350 bits per heavy atom. The SMILES string of the molecule is CC/C=C\C/C=C\C/C=C\C/C=C\CCCCCCCCC(=O)OCC(COC(=O)CCCCCCCCCC)OC(=O)CCCCCCCCCCCCCCCCC. The van der Waals surface area contributed by atoms with Crippen LogP contribution in [0.4, 0.5) is 0 Å². The van der Waals surface area contributed by atoms with Crippen molar-refractivity contribution in [2.75, 3.05) is 13.2 Å². The molecule has 0 aliphatic heterocycles. The third-order valence-corrected chi connectivity index (χ3v) is 11.1. The normalized spacial score (nSPS) is 12.4. The number of hydrogen-bond donors (Lipinski definition) is 0. The van der Waals surface area contributed by atoms with Gasteiger partial charge >= 0.3 is 17.9 Å². The van der Waals surface area contributed by atoms with Crippen LogP contribution in [0.25, 0.3) is 0 Å². The molecule has 0 aromatic carbocycles. The smallest absolute Gasteiger partial charge is 0.306 e. The molecule has 0 bridgehead atoms. The molecule has 0 rings (SSSR count). The van der Waals surface area contributed by atoms with Gasteiger partial charge in [0.25, 0.3) is 0 Å². The predicted octanol–water partition coefficient (Wildman–Crippen LogP) is 16.7. The van der Waals surface area contributed by atoms with Crippen LogP contribution in [0.3, 0.4) is 0 Å². The molecule has 0 aromatic heterocycles. The summed E-state index contributed by atoms with van der Waals surface area (Å²) in [7, 11) is 0. The third kappa shape index (κ3) is 46.4. The fraction of sp³-hybridized carbons (Fsp3) is 0.796. The van der Waals surface area contributed by atoms with Crippen LogP contribution in [-0.4, -0.2) is 37.2 Å². The van der Waals surface area contributed by atoms with Gasteiger partial charge < -0.3 is 14.2 Å². The van der Waals surface area contributed by atoms with Crippen LogP contribution in [0.15, 0.2) is 48.6 Å². The van der Waals surface area contributed by atoms with E-state index >= 15 is 0 Å². The van der Waals surface area contributed by atoms with E-state index in [-0.39, 0.29) is 31.1 Å². The molecule has 0 N–H and O–H groups in total. The molecule has 0 saturated heterocycles. The number of carbonyl (C=O) groups is 3. The van der Waals surface area contributed by atoms with Gasteiger partial charge in [-0.2, -0.15) is 0 Å². The van der Waals surface area contributed by atoms with Gasteiger partial charge in [-0.05, 0) is 57.8 Å². The molecule has 60 heavy (non-hydrogen) atoms. The minimum Gasteiger partial charge on any atom is -0.462 e. The molecule has 6 nitrogen and oxygen atoms in total. The zero-order valence-electron chi connectivity index (χ0n) is 39.7. The minimum absolute atomic E-state index is 0.0748. The molecule has 348 valence electrons. The van der Waals surface area contributed by atoms with Gasteiger partial charge in [0.1, 0.15) is 13.2 Å². The number of allylic oxidation sites excluding steroid dienone is 8. The van der Waals surface area contributed by atoms with Gasteiger partial charge in [-0.3, -0.25) is 14.4 Å². The van der Waals surface area contributed by atoms with Crippen molar-refractivity contribution >= 4 is 17.9 Å². The molecule has 0 amide bonds. The molecule has 6 heteroatoms. The first kappa shape index (κ1) is 57.4. The molecule has 0 aliphatic carbocycles. The summed E-state index contributed by atoms with van der Waals surface area (Å²) >= 11 is 0. The van der Waals surface area contributed by atoms with E-state index in [1.54, 1.807) is 0 Å².